The normalized spacial score (nSPS) is 13.5. The van der Waals surface area contributed by atoms with Gasteiger partial charge in [-0.1, -0.05) is 113 Å². The van der Waals surface area contributed by atoms with E-state index in [1.807, 2.05) is 72.8 Å². The highest BCUT2D eigenvalue weighted by atomic mass is 16.3. The van der Waals surface area contributed by atoms with Gasteiger partial charge in [-0.2, -0.15) is 0 Å². The van der Waals surface area contributed by atoms with Crippen molar-refractivity contribution >= 4 is 46.4 Å². The van der Waals surface area contributed by atoms with Crippen LogP contribution in [0.3, 0.4) is 0 Å². The number of aromatic amines is 2. The first-order valence-electron chi connectivity index (χ1n) is 19.2. The largest absolute Gasteiger partial charge is 0.383 e. The van der Waals surface area contributed by atoms with E-state index < -0.39 is 12.2 Å². The molecule has 266 valence electrons. The third-order valence-corrected chi connectivity index (χ3v) is 10.4. The van der Waals surface area contributed by atoms with Gasteiger partial charge < -0.3 is 20.2 Å². The smallest absolute Gasteiger partial charge is 0.108 e. The van der Waals surface area contributed by atoms with Crippen LogP contribution in [-0.2, 0) is 12.8 Å². The van der Waals surface area contributed by atoms with Crippen LogP contribution in [0.1, 0.15) is 134 Å². The van der Waals surface area contributed by atoms with Crippen LogP contribution in [-0.4, -0.2) is 30.1 Å². The molecule has 6 heteroatoms. The number of fused-ring (bicyclic) bond motifs is 8. The molecule has 0 fully saturated rings. The Balaban J connectivity index is 1.54. The Morgan fingerprint density at radius 2 is 0.865 bits per heavy atom. The lowest BCUT2D eigenvalue weighted by Gasteiger charge is -2.13. The number of benzene rings is 2. The van der Waals surface area contributed by atoms with Crippen molar-refractivity contribution in [2.45, 2.75) is 90.3 Å². The molecule has 8 bridgehead atoms. The van der Waals surface area contributed by atoms with E-state index in [0.717, 1.165) is 123 Å². The predicted molar refractivity (Wildman–Crippen MR) is 216 cm³/mol. The topological polar surface area (TPSA) is 97.8 Å². The number of hydrogen-bond donors (Lipinski definition) is 4. The summed E-state index contributed by atoms with van der Waals surface area (Å²) in [5.41, 5.74) is 12.2. The van der Waals surface area contributed by atoms with Gasteiger partial charge >= 0.3 is 0 Å². The summed E-state index contributed by atoms with van der Waals surface area (Å²) in [7, 11) is 0. The van der Waals surface area contributed by atoms with Crippen LogP contribution < -0.4 is 0 Å². The lowest BCUT2D eigenvalue weighted by molar-refractivity contribution is 0.221. The van der Waals surface area contributed by atoms with Crippen molar-refractivity contribution in [2.75, 3.05) is 0 Å². The molecule has 52 heavy (non-hydrogen) atoms. The number of aromatic nitrogens is 4. The Kier molecular flexibility index (Phi) is 11.2. The molecular formula is C46H50N4O2. The van der Waals surface area contributed by atoms with Crippen molar-refractivity contribution in [3.8, 4) is 0 Å². The minimum Gasteiger partial charge on any atom is -0.383 e. The highest BCUT2D eigenvalue weighted by molar-refractivity contribution is 5.84. The highest BCUT2D eigenvalue weighted by Gasteiger charge is 2.23. The lowest BCUT2D eigenvalue weighted by atomic mass is 10.00. The maximum absolute atomic E-state index is 12.0. The Morgan fingerprint density at radius 3 is 1.31 bits per heavy atom. The van der Waals surface area contributed by atoms with Gasteiger partial charge in [-0.3, -0.25) is 0 Å². The number of unbranched alkanes of at least 4 members (excludes halogenated alkanes) is 6. The number of hydrogen-bond acceptors (Lipinski definition) is 4. The zero-order chi connectivity index (χ0) is 35.9. The minimum atomic E-state index is -0.882. The van der Waals surface area contributed by atoms with Crippen molar-refractivity contribution in [3.05, 3.63) is 141 Å². The standard InChI is InChI=1S/C46H50N4O2/c1-3-5-7-15-21-33-35-23-27-39(47-35)43(45(51)31-17-11-9-12-18-31)41-29-25-37(49-41)34(22-16-8-6-4-2)38-26-30-42(50-38)44(40-28-24-36(33)48-40)46(52)32-19-13-10-14-20-32/h9-14,17-20,23-30,45-48,51-52H,3-8,15-16,21-22H2,1-2H3. The maximum Gasteiger partial charge on any atom is 0.108 e. The van der Waals surface area contributed by atoms with E-state index in [0.29, 0.717) is 0 Å². The summed E-state index contributed by atoms with van der Waals surface area (Å²) in [4.78, 5) is 18.0. The number of aliphatic hydroxyl groups is 2. The number of aliphatic hydroxyl groups excluding tert-OH is 2. The molecule has 0 saturated heterocycles. The van der Waals surface area contributed by atoms with Gasteiger partial charge in [-0.25, -0.2) is 9.97 Å². The summed E-state index contributed by atoms with van der Waals surface area (Å²) < 4.78 is 0. The third kappa shape index (κ3) is 7.59. The SMILES string of the molecule is CCCCCCc1c2nc(c(C(O)c3ccccc3)c3ccc([nH]3)c(CCCCCC)c3ccc([nH]3)c(C(O)c3ccccc3)c3nc1C=C3)C=C2. The zero-order valence-corrected chi connectivity index (χ0v) is 30.4. The van der Waals surface area contributed by atoms with Gasteiger partial charge in [-0.05, 0) is 90.9 Å². The van der Waals surface area contributed by atoms with Gasteiger partial charge in [0.15, 0.2) is 0 Å². The van der Waals surface area contributed by atoms with Crippen LogP contribution in [0.4, 0.5) is 0 Å². The van der Waals surface area contributed by atoms with Crippen LogP contribution in [0.2, 0.25) is 0 Å². The van der Waals surface area contributed by atoms with E-state index >= 15 is 0 Å². The summed E-state index contributed by atoms with van der Waals surface area (Å²) in [6, 6.07) is 28.1. The first kappa shape index (κ1) is 35.4. The van der Waals surface area contributed by atoms with E-state index in [1.54, 1.807) is 0 Å². The summed E-state index contributed by atoms with van der Waals surface area (Å²) in [5.74, 6) is 0. The molecule has 7 rings (SSSR count). The molecule has 2 unspecified atom stereocenters. The Labute approximate surface area is 307 Å². The molecule has 0 aliphatic carbocycles. The minimum absolute atomic E-state index is 0.739. The molecule has 0 radical (unpaired) electrons. The van der Waals surface area contributed by atoms with E-state index in [9.17, 15) is 10.2 Å². The number of nitrogens with one attached hydrogen (secondary N) is 2. The molecule has 3 aromatic heterocycles. The second kappa shape index (κ2) is 16.5. The van der Waals surface area contributed by atoms with Gasteiger partial charge in [0.05, 0.1) is 22.8 Å². The molecule has 0 saturated carbocycles. The van der Waals surface area contributed by atoms with Crippen molar-refractivity contribution in [1.82, 2.24) is 19.9 Å². The monoisotopic (exact) mass is 690 g/mol. The van der Waals surface area contributed by atoms with E-state index in [1.165, 1.54) is 19.3 Å². The van der Waals surface area contributed by atoms with Crippen molar-refractivity contribution < 1.29 is 10.2 Å². The van der Waals surface area contributed by atoms with Gasteiger partial charge in [0.2, 0.25) is 0 Å². The molecule has 4 N–H and O–H groups in total. The molecule has 5 aromatic rings. The molecule has 2 aliphatic heterocycles. The van der Waals surface area contributed by atoms with E-state index in [4.69, 9.17) is 9.97 Å². The number of nitrogens with zero attached hydrogens (tertiary/aromatic N) is 2. The van der Waals surface area contributed by atoms with Crippen LogP contribution in [0.15, 0.2) is 84.9 Å². The van der Waals surface area contributed by atoms with Crippen LogP contribution in [0.25, 0.3) is 46.4 Å². The van der Waals surface area contributed by atoms with Gasteiger partial charge in [0.1, 0.15) is 12.2 Å². The second-order valence-corrected chi connectivity index (χ2v) is 14.0. The first-order valence-corrected chi connectivity index (χ1v) is 19.2. The van der Waals surface area contributed by atoms with Crippen LogP contribution in [0.5, 0.6) is 0 Å². The fourth-order valence-corrected chi connectivity index (χ4v) is 7.53. The Hall–Kier alpha value is -5.04. The summed E-state index contributed by atoms with van der Waals surface area (Å²) in [6.07, 6.45) is 17.2. The average molecular weight is 691 g/mol. The lowest BCUT2D eigenvalue weighted by Crippen LogP contribution is -2.03. The summed E-state index contributed by atoms with van der Waals surface area (Å²) >= 11 is 0. The van der Waals surface area contributed by atoms with E-state index in [-0.39, 0.29) is 0 Å². The maximum atomic E-state index is 12.0. The summed E-state index contributed by atoms with van der Waals surface area (Å²) in [6.45, 7) is 4.46. The van der Waals surface area contributed by atoms with Crippen molar-refractivity contribution in [3.63, 3.8) is 0 Å². The molecule has 5 heterocycles. The average Bonchev–Trinajstić information content (AvgIpc) is 4.02. The fourth-order valence-electron chi connectivity index (χ4n) is 7.53. The van der Waals surface area contributed by atoms with Gasteiger partial charge in [0.25, 0.3) is 0 Å². The summed E-state index contributed by atoms with van der Waals surface area (Å²) in [5, 5.41) is 24.0. The first-order chi connectivity index (χ1) is 25.6. The Bertz CT molecular complexity index is 2070. The molecule has 2 aliphatic rings. The quantitative estimate of drug-likeness (QED) is 0.0854. The number of H-pyrrole nitrogens is 2. The molecule has 2 aromatic carbocycles. The molecule has 0 spiro atoms. The van der Waals surface area contributed by atoms with E-state index in [2.05, 4.69) is 60.2 Å². The molecule has 2 atom stereocenters. The molecule has 0 amide bonds. The van der Waals surface area contributed by atoms with Crippen molar-refractivity contribution in [2.24, 2.45) is 0 Å². The second-order valence-electron chi connectivity index (χ2n) is 14.0. The van der Waals surface area contributed by atoms with Gasteiger partial charge in [-0.15, -0.1) is 0 Å². The van der Waals surface area contributed by atoms with Crippen LogP contribution >= 0.6 is 0 Å². The highest BCUT2D eigenvalue weighted by Crippen LogP contribution is 2.35. The van der Waals surface area contributed by atoms with Crippen LogP contribution in [0, 0.1) is 0 Å². The third-order valence-electron chi connectivity index (χ3n) is 10.4. The predicted octanol–water partition coefficient (Wildman–Crippen LogP) is 11.1. The molecule has 6 nitrogen and oxygen atoms in total. The fraction of sp³-hybridized carbons (Fsp3) is 0.304. The van der Waals surface area contributed by atoms with Gasteiger partial charge in [0, 0.05) is 38.8 Å². The number of aryl methyl sites for hydroxylation is 1. The Morgan fingerprint density at radius 1 is 0.462 bits per heavy atom. The zero-order valence-electron chi connectivity index (χ0n) is 30.4. The number of rotatable bonds is 14. The van der Waals surface area contributed by atoms with Crippen molar-refractivity contribution in [1.29, 1.82) is 0 Å². The molecular weight excluding hydrogens is 641 g/mol.